The van der Waals surface area contributed by atoms with Crippen LogP contribution in [0.2, 0.25) is 0 Å². The third kappa shape index (κ3) is 4.46. The summed E-state index contributed by atoms with van der Waals surface area (Å²) in [6.45, 7) is 6.84. The highest BCUT2D eigenvalue weighted by Gasteiger charge is 2.40. The minimum Gasteiger partial charge on any atom is -0.396 e. The van der Waals surface area contributed by atoms with Crippen molar-refractivity contribution in [3.8, 4) is 0 Å². The predicted octanol–water partition coefficient (Wildman–Crippen LogP) is 2.08. The zero-order chi connectivity index (χ0) is 17.0. The number of likely N-dealkylation sites (tertiary alicyclic amines) is 1. The van der Waals surface area contributed by atoms with Crippen molar-refractivity contribution in [1.29, 1.82) is 0 Å². The molecule has 1 saturated heterocycles. The molecule has 0 spiro atoms. The van der Waals surface area contributed by atoms with Gasteiger partial charge in [-0.2, -0.15) is 0 Å². The largest absolute Gasteiger partial charge is 0.396 e. The first-order valence-electron chi connectivity index (χ1n) is 9.11. The Hall–Kier alpha value is -1.10. The molecule has 1 saturated carbocycles. The van der Waals surface area contributed by atoms with E-state index in [1.165, 1.54) is 12.8 Å². The van der Waals surface area contributed by atoms with Gasteiger partial charge in [0.1, 0.15) is 0 Å². The number of nitrogens with zero attached hydrogens (tertiary/aromatic N) is 1. The molecule has 5 nitrogen and oxygen atoms in total. The molecule has 2 unspecified atom stereocenters. The van der Waals surface area contributed by atoms with E-state index in [0.29, 0.717) is 25.4 Å². The average molecular weight is 324 g/mol. The van der Waals surface area contributed by atoms with Crippen molar-refractivity contribution in [2.24, 2.45) is 11.8 Å². The summed E-state index contributed by atoms with van der Waals surface area (Å²) in [6.07, 6.45) is 6.13. The number of hydrogen-bond acceptors (Lipinski definition) is 3. The molecule has 132 valence electrons. The minimum atomic E-state index is -0.386. The molecule has 0 aromatic heterocycles. The number of carbonyl (C=O) groups excluding carboxylic acids is 2. The van der Waals surface area contributed by atoms with Crippen molar-refractivity contribution < 1.29 is 14.7 Å². The number of aliphatic hydroxyl groups excluding tert-OH is 1. The second-order valence-corrected chi connectivity index (χ2v) is 7.74. The van der Waals surface area contributed by atoms with Crippen LogP contribution in [-0.2, 0) is 9.59 Å². The molecule has 1 aliphatic carbocycles. The van der Waals surface area contributed by atoms with Gasteiger partial charge in [0, 0.05) is 31.2 Å². The lowest BCUT2D eigenvalue weighted by Gasteiger charge is -2.34. The highest BCUT2D eigenvalue weighted by molar-refractivity contribution is 5.89. The van der Waals surface area contributed by atoms with E-state index in [9.17, 15) is 14.7 Å². The second-order valence-electron chi connectivity index (χ2n) is 7.74. The standard InChI is InChI=1S/C18H32N2O3/c1-4-18(3,9-10-21)19-17(23)14-11-16(22)20(12-14)15-7-5-13(2)6-8-15/h13-15,21H,4-12H2,1-3H3,(H,19,23). The second kappa shape index (κ2) is 7.65. The highest BCUT2D eigenvalue weighted by Crippen LogP contribution is 2.31. The smallest absolute Gasteiger partial charge is 0.225 e. The van der Waals surface area contributed by atoms with Gasteiger partial charge in [-0.1, -0.05) is 13.8 Å². The van der Waals surface area contributed by atoms with Crippen LogP contribution < -0.4 is 5.32 Å². The topological polar surface area (TPSA) is 69.6 Å². The molecule has 2 amide bonds. The molecule has 1 heterocycles. The Morgan fingerprint density at radius 1 is 1.35 bits per heavy atom. The van der Waals surface area contributed by atoms with Crippen LogP contribution in [0, 0.1) is 11.8 Å². The SMILES string of the molecule is CCC(C)(CCO)NC(=O)C1CC(=O)N(C2CCC(C)CC2)C1. The van der Waals surface area contributed by atoms with E-state index in [1.54, 1.807) is 0 Å². The maximum absolute atomic E-state index is 12.5. The van der Waals surface area contributed by atoms with Gasteiger partial charge in [0.2, 0.25) is 11.8 Å². The summed E-state index contributed by atoms with van der Waals surface area (Å²) < 4.78 is 0. The van der Waals surface area contributed by atoms with Gasteiger partial charge in [-0.15, -0.1) is 0 Å². The van der Waals surface area contributed by atoms with E-state index < -0.39 is 0 Å². The Morgan fingerprint density at radius 2 is 2.00 bits per heavy atom. The normalized spacial score (nSPS) is 31.0. The monoisotopic (exact) mass is 324 g/mol. The van der Waals surface area contributed by atoms with E-state index in [0.717, 1.165) is 25.2 Å². The molecule has 0 aromatic rings. The van der Waals surface area contributed by atoms with Crippen molar-refractivity contribution in [1.82, 2.24) is 10.2 Å². The van der Waals surface area contributed by atoms with Crippen LogP contribution in [0.3, 0.4) is 0 Å². The van der Waals surface area contributed by atoms with Crippen molar-refractivity contribution >= 4 is 11.8 Å². The molecule has 2 fully saturated rings. The van der Waals surface area contributed by atoms with Crippen LogP contribution >= 0.6 is 0 Å². The maximum Gasteiger partial charge on any atom is 0.225 e. The molecule has 2 N–H and O–H groups in total. The number of aliphatic hydroxyl groups is 1. The zero-order valence-corrected chi connectivity index (χ0v) is 14.8. The molecule has 2 atom stereocenters. The fourth-order valence-electron chi connectivity index (χ4n) is 3.79. The molecule has 0 radical (unpaired) electrons. The first-order valence-corrected chi connectivity index (χ1v) is 9.11. The van der Waals surface area contributed by atoms with Gasteiger partial charge in [0.15, 0.2) is 0 Å². The van der Waals surface area contributed by atoms with Crippen LogP contribution in [0.1, 0.15) is 65.7 Å². The quantitative estimate of drug-likeness (QED) is 0.786. The van der Waals surface area contributed by atoms with E-state index in [-0.39, 0.29) is 29.9 Å². The Kier molecular flexibility index (Phi) is 6.06. The summed E-state index contributed by atoms with van der Waals surface area (Å²) in [5.41, 5.74) is -0.386. The predicted molar refractivity (Wildman–Crippen MR) is 89.8 cm³/mol. The highest BCUT2D eigenvalue weighted by atomic mass is 16.3. The van der Waals surface area contributed by atoms with Gasteiger partial charge in [0.05, 0.1) is 5.92 Å². The van der Waals surface area contributed by atoms with Crippen LogP contribution in [0.4, 0.5) is 0 Å². The summed E-state index contributed by atoms with van der Waals surface area (Å²) in [7, 11) is 0. The van der Waals surface area contributed by atoms with E-state index in [2.05, 4.69) is 12.2 Å². The third-order valence-corrected chi connectivity index (χ3v) is 5.82. The maximum atomic E-state index is 12.5. The molecule has 0 bridgehead atoms. The first kappa shape index (κ1) is 18.2. The van der Waals surface area contributed by atoms with Gasteiger partial charge in [0.25, 0.3) is 0 Å². The van der Waals surface area contributed by atoms with Crippen molar-refractivity contribution in [3.05, 3.63) is 0 Å². The third-order valence-electron chi connectivity index (χ3n) is 5.82. The van der Waals surface area contributed by atoms with Crippen LogP contribution in [0.5, 0.6) is 0 Å². The number of hydrogen-bond donors (Lipinski definition) is 2. The first-order chi connectivity index (χ1) is 10.9. The fourth-order valence-corrected chi connectivity index (χ4v) is 3.79. The summed E-state index contributed by atoms with van der Waals surface area (Å²) in [6, 6.07) is 0.325. The van der Waals surface area contributed by atoms with Gasteiger partial charge in [-0.05, 0) is 51.4 Å². The molecule has 2 aliphatic rings. The summed E-state index contributed by atoms with van der Waals surface area (Å²) >= 11 is 0. The van der Waals surface area contributed by atoms with Crippen molar-refractivity contribution in [2.45, 2.75) is 77.3 Å². The van der Waals surface area contributed by atoms with E-state index >= 15 is 0 Å². The van der Waals surface area contributed by atoms with Gasteiger partial charge >= 0.3 is 0 Å². The van der Waals surface area contributed by atoms with Crippen LogP contribution in [0.15, 0.2) is 0 Å². The molecule has 23 heavy (non-hydrogen) atoms. The van der Waals surface area contributed by atoms with Crippen molar-refractivity contribution in [3.63, 3.8) is 0 Å². The van der Waals surface area contributed by atoms with Crippen LogP contribution in [0.25, 0.3) is 0 Å². The van der Waals surface area contributed by atoms with Gasteiger partial charge in [-0.25, -0.2) is 0 Å². The summed E-state index contributed by atoms with van der Waals surface area (Å²) in [4.78, 5) is 26.8. The molecular formula is C18H32N2O3. The molecular weight excluding hydrogens is 292 g/mol. The molecule has 0 aromatic carbocycles. The lowest BCUT2D eigenvalue weighted by Crippen LogP contribution is -2.49. The Labute approximate surface area is 139 Å². The lowest BCUT2D eigenvalue weighted by molar-refractivity contribution is -0.131. The molecule has 2 rings (SSSR count). The lowest BCUT2D eigenvalue weighted by atomic mass is 9.86. The fraction of sp³-hybridized carbons (Fsp3) is 0.889. The number of nitrogens with one attached hydrogen (secondary N) is 1. The van der Waals surface area contributed by atoms with E-state index in [1.807, 2.05) is 18.7 Å². The summed E-state index contributed by atoms with van der Waals surface area (Å²) in [5, 5.41) is 12.2. The van der Waals surface area contributed by atoms with Gasteiger partial charge < -0.3 is 15.3 Å². The number of carbonyl (C=O) groups is 2. The average Bonchev–Trinajstić information content (AvgIpc) is 2.90. The Morgan fingerprint density at radius 3 is 2.57 bits per heavy atom. The Balaban J connectivity index is 1.92. The van der Waals surface area contributed by atoms with Gasteiger partial charge in [-0.3, -0.25) is 9.59 Å². The van der Waals surface area contributed by atoms with Crippen LogP contribution in [-0.4, -0.2) is 46.6 Å². The Bertz CT molecular complexity index is 432. The summed E-state index contributed by atoms with van der Waals surface area (Å²) in [5.74, 6) is 0.603. The van der Waals surface area contributed by atoms with E-state index in [4.69, 9.17) is 0 Å². The molecule has 5 heteroatoms. The minimum absolute atomic E-state index is 0.0390. The zero-order valence-electron chi connectivity index (χ0n) is 14.8. The number of rotatable bonds is 6. The molecule has 1 aliphatic heterocycles. The van der Waals surface area contributed by atoms with Crippen molar-refractivity contribution in [2.75, 3.05) is 13.2 Å². The number of amides is 2.